The van der Waals surface area contributed by atoms with Crippen molar-refractivity contribution in [2.45, 2.75) is 33.1 Å². The molecule has 17 rings (SSSR count). The van der Waals surface area contributed by atoms with Gasteiger partial charge >= 0.3 is 0 Å². The van der Waals surface area contributed by atoms with Crippen molar-refractivity contribution in [3.8, 4) is 102 Å². The normalized spacial score (nSPS) is 10.3. The first-order chi connectivity index (χ1) is 63.3. The highest BCUT2D eigenvalue weighted by Gasteiger charge is 2.19. The zero-order chi connectivity index (χ0) is 93.0. The van der Waals surface area contributed by atoms with E-state index in [-0.39, 0.29) is 26.6 Å². The Labute approximate surface area is 828 Å². The lowest BCUT2D eigenvalue weighted by Gasteiger charge is -2.08. The largest absolute Gasteiger partial charge is 0.494 e. The monoisotopic (exact) mass is 1990 g/mol. The van der Waals surface area contributed by atoms with Crippen molar-refractivity contribution in [2.24, 2.45) is 4.99 Å². The predicted molar refractivity (Wildman–Crippen MR) is 564 cm³/mol. The van der Waals surface area contributed by atoms with Crippen LogP contribution in [0.5, 0.6) is 11.5 Å². The van der Waals surface area contributed by atoms with E-state index in [9.17, 15) is 4.79 Å². The number of rotatable bonds is 22. The van der Waals surface area contributed by atoms with Gasteiger partial charge in [-0.15, -0.1) is 12.4 Å². The quantitative estimate of drug-likeness (QED) is 0.0212. The average molecular weight is 1990 g/mol. The molecule has 42 heteroatoms. The van der Waals surface area contributed by atoms with Crippen LogP contribution in [-0.2, 0) is 6.42 Å². The van der Waals surface area contributed by atoms with E-state index in [2.05, 4.69) is 239 Å². The zero-order valence-corrected chi connectivity index (χ0v) is 79.5. The van der Waals surface area contributed by atoms with E-state index < -0.39 is 12.8 Å². The molecule has 1 aliphatic rings. The Morgan fingerprint density at radius 2 is 0.818 bits per heavy atom. The molecule has 2 aromatic carbocycles. The second-order valence-electron chi connectivity index (χ2n) is 26.9. The Morgan fingerprint density at radius 1 is 0.447 bits per heavy atom. The standard InChI is InChI=1S/C23H22N4O.C22H21N5O.C14H10BrN3.C13H9BrN4.C12H9BrN2O.C6H6BrN.B5.B4.B3.B2.B.ClH/c1-2-3-14-28-19-9-7-17(8-10-19)22-15-18(11-13-25-22)20-16-26-27-23(20)21-6-4-5-12-24-21;1-23-12-13-28-18-7-5-16(6-8-18)21-14-17(9-11-25-21)19-15-26-27-22(19)20-4-2-3-10-24-20;15-13-9-10(4-7-17-13)11-5-8-18-14(11)12-3-1-2-6-16-12;14-12-7-9(4-6-16-12)10-8-17-18-13(10)11-3-1-2-5-15-11;13-12-8-9(4-6-15-12)7-11(16)10-3-1-2-5-14-10;1-5-2-3-8-6(7)4-5;1-4-5(2)3;1-4(2)3;1-3-2;1-2;;/h4-13,15-16H,2-3,14H2,1H3,(H,26,27);2-11,14-15,23H,12-13H2,1H3,(H,26,27);1-7,9H,8H2;1-8H,(H,17,18);1-6,8H,7H2;2-4H,1H3;;;;;;1H. The first-order valence-corrected chi connectivity index (χ1v) is 43.3. The van der Waals surface area contributed by atoms with Crippen LogP contribution in [0.25, 0.3) is 95.6 Å². The van der Waals surface area contributed by atoms with Gasteiger partial charge in [-0.1, -0.05) is 49.8 Å². The summed E-state index contributed by atoms with van der Waals surface area (Å²) >= 11 is 13.3. The van der Waals surface area contributed by atoms with Crippen LogP contribution in [0.3, 0.4) is 0 Å². The summed E-state index contributed by atoms with van der Waals surface area (Å²) < 4.78 is 14.7. The van der Waals surface area contributed by atoms with Gasteiger partial charge in [-0.3, -0.25) is 60.0 Å². The summed E-state index contributed by atoms with van der Waals surface area (Å²) in [6.07, 6.45) is 28.3. The number of likely N-dealkylation sites (N-methyl/N-ethyl adjacent to an activating group) is 1. The number of aromatic amines is 3. The molecule has 25 radical (unpaired) electrons. The highest BCUT2D eigenvalue weighted by Crippen LogP contribution is 2.35. The summed E-state index contributed by atoms with van der Waals surface area (Å²) in [5.74, 6) is 1.75. The van der Waals surface area contributed by atoms with Gasteiger partial charge in [-0.2, -0.15) is 15.3 Å². The molecule has 22 nitrogen and oxygen atoms in total. The topological polar surface area (TPSA) is 288 Å². The number of nitrogens with zero attached hydrogens (tertiary/aromatic N) is 15. The summed E-state index contributed by atoms with van der Waals surface area (Å²) in [5.41, 5.74) is 22.1. The zero-order valence-electron chi connectivity index (χ0n) is 72.3. The highest BCUT2D eigenvalue weighted by molar-refractivity contribution is 9.11. The van der Waals surface area contributed by atoms with Gasteiger partial charge in [-0.25, -0.2) is 19.9 Å². The Morgan fingerprint density at radius 3 is 1.20 bits per heavy atom. The number of hydrogen-bond donors (Lipinski definition) is 4. The van der Waals surface area contributed by atoms with Gasteiger partial charge in [0.05, 0.1) is 88.7 Å². The molecular formula is C90H78B15Br4ClN19O3. The van der Waals surface area contributed by atoms with Crippen LogP contribution in [0.4, 0.5) is 0 Å². The smallest absolute Gasteiger partial charge is 0.185 e. The number of hydrogen-bond acceptors (Lipinski definition) is 19. The fourth-order valence-corrected chi connectivity index (χ4v) is 13.2. The number of allylic oxidation sites excluding steroid dienone is 1. The molecule has 14 aromatic heterocycles. The number of ether oxygens (including phenoxy) is 2. The van der Waals surface area contributed by atoms with E-state index in [4.69, 9.17) is 32.7 Å². The van der Waals surface area contributed by atoms with Gasteiger partial charge in [0.2, 0.25) is 0 Å². The minimum atomic E-state index is -0.667. The number of Topliss-reactive ketones (excluding diaryl/α,β-unsaturated/α-hetero) is 1. The third-order valence-corrected chi connectivity index (χ3v) is 19.2. The third kappa shape index (κ3) is 37.7. The first kappa shape index (κ1) is 109. The Bertz CT molecular complexity index is 5850. The summed E-state index contributed by atoms with van der Waals surface area (Å²) in [7, 11) is 49.7. The molecule has 0 spiro atoms. The number of unbranched alkanes of at least 4 members (excludes halogenated alkanes) is 1. The van der Waals surface area contributed by atoms with Gasteiger partial charge in [0.15, 0.2) is 5.78 Å². The van der Waals surface area contributed by atoms with Crippen molar-refractivity contribution in [2.75, 3.05) is 33.4 Å². The van der Waals surface area contributed by atoms with Crippen LogP contribution >= 0.6 is 76.1 Å². The van der Waals surface area contributed by atoms with Crippen molar-refractivity contribution in [1.29, 1.82) is 0 Å². The van der Waals surface area contributed by atoms with Crippen LogP contribution in [0, 0.1) is 6.92 Å². The summed E-state index contributed by atoms with van der Waals surface area (Å²) in [6, 6.07) is 68.3. The molecule has 16 aromatic rings. The number of benzene rings is 2. The van der Waals surface area contributed by atoms with Gasteiger partial charge in [-0.05, 0) is 299 Å². The molecule has 0 bridgehead atoms. The van der Waals surface area contributed by atoms with Crippen molar-refractivity contribution in [1.82, 2.24) is 90.7 Å². The molecule has 0 fully saturated rings. The van der Waals surface area contributed by atoms with Crippen molar-refractivity contribution < 1.29 is 14.3 Å². The second-order valence-corrected chi connectivity index (χ2v) is 30.2. The number of H-pyrrole nitrogens is 3. The molecule has 0 unspecified atom stereocenters. The summed E-state index contributed by atoms with van der Waals surface area (Å²) in [5, 5.41) is 24.7. The van der Waals surface area contributed by atoms with E-state index in [1.54, 1.807) is 74.1 Å². The van der Waals surface area contributed by atoms with Gasteiger partial charge in [0, 0.05) is 227 Å². The molecule has 1 aliphatic heterocycles. The number of halogens is 5. The van der Waals surface area contributed by atoms with E-state index in [0.717, 1.165) is 181 Å². The molecule has 0 saturated carbocycles. The van der Waals surface area contributed by atoms with E-state index in [0.29, 0.717) is 25.3 Å². The molecular weight excluding hydrogens is 1910 g/mol. The molecule has 0 saturated heterocycles. The maximum Gasteiger partial charge on any atom is 0.185 e. The van der Waals surface area contributed by atoms with Crippen molar-refractivity contribution in [3.63, 3.8) is 0 Å². The van der Waals surface area contributed by atoms with Crippen LogP contribution in [0.2, 0.25) is 0 Å². The Balaban J connectivity index is 0.000000242. The molecule has 0 aliphatic carbocycles. The average Bonchev–Trinajstić information content (AvgIpc) is 1.77. The molecule has 132 heavy (non-hydrogen) atoms. The lowest BCUT2D eigenvalue weighted by atomic mass is 8.97. The van der Waals surface area contributed by atoms with Gasteiger partial charge in [0.25, 0.3) is 0 Å². The maximum atomic E-state index is 11.8. The number of carbonyl (C=O) groups excluding carboxylic acids is 1. The number of carbonyl (C=O) groups is 1. The lowest BCUT2D eigenvalue weighted by Crippen LogP contribution is -2.23. The predicted octanol–water partition coefficient (Wildman–Crippen LogP) is 15.1. The number of nitrogens with one attached hydrogen (secondary N) is 4. The molecule has 15 heterocycles. The van der Waals surface area contributed by atoms with E-state index >= 15 is 0 Å². The van der Waals surface area contributed by atoms with E-state index in [1.807, 2.05) is 227 Å². The van der Waals surface area contributed by atoms with Crippen LogP contribution in [-0.4, -0.2) is 243 Å². The Kier molecular flexibility index (Phi) is 51.4. The molecule has 631 valence electrons. The number of ketones is 1. The summed E-state index contributed by atoms with van der Waals surface area (Å²) in [4.78, 5) is 63.2. The number of aromatic nitrogens is 17. The van der Waals surface area contributed by atoms with Crippen LogP contribution < -0.4 is 14.8 Å². The molecule has 4 N–H and O–H groups in total. The van der Waals surface area contributed by atoms with Crippen molar-refractivity contribution in [3.05, 3.63) is 352 Å². The fourth-order valence-electron chi connectivity index (χ4n) is 11.6. The minimum Gasteiger partial charge on any atom is -0.494 e. The number of pyridine rings is 11. The van der Waals surface area contributed by atoms with E-state index in [1.165, 1.54) is 12.6 Å². The summed E-state index contributed by atoms with van der Waals surface area (Å²) in [6.45, 7) is 7.10. The number of aryl methyl sites for hydroxylation is 1. The van der Waals surface area contributed by atoms with Gasteiger partial charge in [0.1, 0.15) is 42.2 Å². The lowest BCUT2D eigenvalue weighted by molar-refractivity contribution is 0.0988. The maximum absolute atomic E-state index is 11.8. The Hall–Kier alpha value is -11.5. The SMILES string of the molecule is Brc1cc(-c2cn[nH]c2-c2ccccn2)ccn1.Brc1cc(C2=CCN=C2c2ccccn2)ccn1.CCCCOc1ccc(-c2cc(-c3cn[nH]c3-c3ccccn3)ccn2)cc1.CNCCOc1ccc(-c2cc(-c3cn[nH]c3-c3ccccn3)ccn2)cc1.Cc1ccnc(Br)c1.Cl.O=C(Cc1ccnc(Br)c1)c1ccccn1.[B].[B]B([B])[B].[B][B].[B][B]B([B])[B].[B][B][B]. The fraction of sp³-hybridized carbons (Fsp3) is 0.111. The first-order valence-electron chi connectivity index (χ1n) is 40.2. The van der Waals surface area contributed by atoms with Crippen LogP contribution in [0.15, 0.2) is 329 Å². The number of aliphatic imine (C=N–C) groups is 1. The van der Waals surface area contributed by atoms with Crippen LogP contribution in [0.1, 0.15) is 52.6 Å². The molecule has 0 atom stereocenters. The van der Waals surface area contributed by atoms with Crippen molar-refractivity contribution >= 4 is 206 Å². The van der Waals surface area contributed by atoms with Gasteiger partial charge < -0.3 is 14.8 Å². The molecule has 0 amide bonds. The third-order valence-electron chi connectivity index (χ3n) is 17.5. The highest BCUT2D eigenvalue weighted by atomic mass is 79.9. The second kappa shape index (κ2) is 62.0. The minimum absolute atomic E-state index is 0.